The van der Waals surface area contributed by atoms with Crippen molar-refractivity contribution in [2.45, 2.75) is 45.8 Å². The van der Waals surface area contributed by atoms with Gasteiger partial charge < -0.3 is 20.1 Å². The number of nitrogens with one attached hydrogen (secondary N) is 1. The zero-order chi connectivity index (χ0) is 15.6. The standard InChI is InChI=1S/C14H22BNO4/c1-10(17)16-12-9-7-6-8-11(12)15(19)20-14(4,5)13(2,3)18/h6-9,18-19H,1-5H3,(H,16,17). The normalized spacial score (nSPS) is 12.2. The summed E-state index contributed by atoms with van der Waals surface area (Å²) in [6, 6.07) is 6.84. The summed E-state index contributed by atoms with van der Waals surface area (Å²) >= 11 is 0. The summed E-state index contributed by atoms with van der Waals surface area (Å²) in [6.45, 7) is 8.00. The Hall–Kier alpha value is -1.37. The highest BCUT2D eigenvalue weighted by Crippen LogP contribution is 2.25. The van der Waals surface area contributed by atoms with Crippen LogP contribution in [0.4, 0.5) is 5.69 Å². The molecule has 6 heteroatoms. The number of rotatable bonds is 5. The van der Waals surface area contributed by atoms with Crippen molar-refractivity contribution in [1.82, 2.24) is 0 Å². The predicted octanol–water partition coefficient (Wildman–Crippen LogP) is 0.899. The number of amides is 1. The summed E-state index contributed by atoms with van der Waals surface area (Å²) in [4.78, 5) is 11.2. The average Bonchev–Trinajstić information content (AvgIpc) is 2.26. The van der Waals surface area contributed by atoms with Crippen LogP contribution in [0.5, 0.6) is 0 Å². The molecule has 0 saturated carbocycles. The minimum atomic E-state index is -1.25. The maximum atomic E-state index is 11.2. The summed E-state index contributed by atoms with van der Waals surface area (Å²) in [5.74, 6) is -0.230. The topological polar surface area (TPSA) is 78.8 Å². The molecule has 5 nitrogen and oxygen atoms in total. The van der Waals surface area contributed by atoms with E-state index in [1.807, 2.05) is 0 Å². The molecule has 0 aliphatic carbocycles. The van der Waals surface area contributed by atoms with Gasteiger partial charge in [0.2, 0.25) is 5.91 Å². The summed E-state index contributed by atoms with van der Waals surface area (Å²) in [6.07, 6.45) is 0. The lowest BCUT2D eigenvalue weighted by atomic mass is 9.75. The highest BCUT2D eigenvalue weighted by atomic mass is 16.5. The van der Waals surface area contributed by atoms with Crippen molar-refractivity contribution < 1.29 is 19.6 Å². The molecule has 0 spiro atoms. The van der Waals surface area contributed by atoms with Gasteiger partial charge in [0.25, 0.3) is 0 Å². The second-order valence-corrected chi connectivity index (χ2v) is 5.81. The number of hydrogen-bond donors (Lipinski definition) is 3. The first kappa shape index (κ1) is 16.7. The van der Waals surface area contributed by atoms with Crippen LogP contribution in [0.3, 0.4) is 0 Å². The molecular formula is C14H22BNO4. The Bertz CT molecular complexity index is 482. The molecule has 1 amide bonds. The molecule has 0 bridgehead atoms. The third-order valence-electron chi connectivity index (χ3n) is 3.42. The van der Waals surface area contributed by atoms with E-state index in [9.17, 15) is 14.9 Å². The fraction of sp³-hybridized carbons (Fsp3) is 0.500. The Morgan fingerprint density at radius 2 is 1.80 bits per heavy atom. The second-order valence-electron chi connectivity index (χ2n) is 5.81. The average molecular weight is 279 g/mol. The van der Waals surface area contributed by atoms with Gasteiger partial charge in [0.15, 0.2) is 0 Å². The quantitative estimate of drug-likeness (QED) is 0.700. The first-order chi connectivity index (χ1) is 9.04. The Morgan fingerprint density at radius 3 is 2.30 bits per heavy atom. The van der Waals surface area contributed by atoms with Crippen LogP contribution in [0.1, 0.15) is 34.6 Å². The molecule has 0 heterocycles. The third kappa shape index (κ3) is 4.06. The van der Waals surface area contributed by atoms with Crippen molar-refractivity contribution in [3.63, 3.8) is 0 Å². The number of anilines is 1. The summed E-state index contributed by atoms with van der Waals surface area (Å²) < 4.78 is 5.56. The molecule has 0 saturated heterocycles. The molecule has 20 heavy (non-hydrogen) atoms. The lowest BCUT2D eigenvalue weighted by Crippen LogP contribution is -2.53. The Kier molecular flexibility index (Phi) is 4.97. The van der Waals surface area contributed by atoms with Crippen molar-refractivity contribution in [2.75, 3.05) is 5.32 Å². The van der Waals surface area contributed by atoms with E-state index in [1.165, 1.54) is 6.92 Å². The number of carbonyl (C=O) groups is 1. The van der Waals surface area contributed by atoms with Gasteiger partial charge in [-0.1, -0.05) is 18.2 Å². The lowest BCUT2D eigenvalue weighted by molar-refractivity contribution is -0.114. The molecule has 1 aromatic rings. The summed E-state index contributed by atoms with van der Waals surface area (Å²) in [5, 5.41) is 22.9. The summed E-state index contributed by atoms with van der Waals surface area (Å²) in [5.41, 5.74) is -1.16. The molecule has 0 radical (unpaired) electrons. The number of aliphatic hydroxyl groups is 1. The Balaban J connectivity index is 2.98. The van der Waals surface area contributed by atoms with Crippen LogP contribution in [0.15, 0.2) is 24.3 Å². The van der Waals surface area contributed by atoms with Gasteiger partial charge in [-0.05, 0) is 33.8 Å². The zero-order valence-electron chi connectivity index (χ0n) is 12.6. The van der Waals surface area contributed by atoms with E-state index in [0.29, 0.717) is 11.2 Å². The van der Waals surface area contributed by atoms with Crippen molar-refractivity contribution >= 4 is 24.2 Å². The van der Waals surface area contributed by atoms with Crippen LogP contribution >= 0.6 is 0 Å². The van der Waals surface area contributed by atoms with Gasteiger partial charge in [0, 0.05) is 18.1 Å². The monoisotopic (exact) mass is 279 g/mol. The van der Waals surface area contributed by atoms with E-state index in [4.69, 9.17) is 4.65 Å². The molecule has 0 fully saturated rings. The maximum absolute atomic E-state index is 11.2. The van der Waals surface area contributed by atoms with E-state index < -0.39 is 18.3 Å². The van der Waals surface area contributed by atoms with E-state index in [1.54, 1.807) is 52.0 Å². The first-order valence-electron chi connectivity index (χ1n) is 6.49. The second kappa shape index (κ2) is 5.95. The molecule has 0 unspecified atom stereocenters. The maximum Gasteiger partial charge on any atom is 0.493 e. The fourth-order valence-electron chi connectivity index (χ4n) is 1.50. The van der Waals surface area contributed by atoms with Crippen LogP contribution in [0, 0.1) is 0 Å². The molecule has 0 aliphatic heterocycles. The molecule has 0 atom stereocenters. The highest BCUT2D eigenvalue weighted by molar-refractivity contribution is 6.62. The predicted molar refractivity (Wildman–Crippen MR) is 79.8 cm³/mol. The highest BCUT2D eigenvalue weighted by Gasteiger charge is 2.40. The van der Waals surface area contributed by atoms with Crippen LogP contribution in [0.25, 0.3) is 0 Å². The molecule has 1 rings (SSSR count). The van der Waals surface area contributed by atoms with Crippen molar-refractivity contribution in [3.05, 3.63) is 24.3 Å². The zero-order valence-corrected chi connectivity index (χ0v) is 12.6. The smallest absolute Gasteiger partial charge is 0.423 e. The van der Waals surface area contributed by atoms with Crippen LogP contribution < -0.4 is 10.8 Å². The van der Waals surface area contributed by atoms with E-state index in [-0.39, 0.29) is 5.91 Å². The summed E-state index contributed by atoms with van der Waals surface area (Å²) in [7, 11) is -1.25. The van der Waals surface area contributed by atoms with E-state index in [2.05, 4.69) is 5.32 Å². The first-order valence-corrected chi connectivity index (χ1v) is 6.49. The SMILES string of the molecule is CC(=O)Nc1ccccc1B(O)OC(C)(C)C(C)(C)O. The van der Waals surface area contributed by atoms with Gasteiger partial charge in [-0.3, -0.25) is 4.79 Å². The fourth-order valence-corrected chi connectivity index (χ4v) is 1.50. The van der Waals surface area contributed by atoms with Gasteiger partial charge in [0.05, 0.1) is 11.2 Å². The molecule has 0 aromatic heterocycles. The Morgan fingerprint density at radius 1 is 1.25 bits per heavy atom. The van der Waals surface area contributed by atoms with Crippen LogP contribution in [-0.2, 0) is 9.45 Å². The van der Waals surface area contributed by atoms with E-state index in [0.717, 1.165) is 0 Å². The lowest BCUT2D eigenvalue weighted by Gasteiger charge is -2.38. The van der Waals surface area contributed by atoms with Crippen LogP contribution in [-0.4, -0.2) is 34.4 Å². The minimum Gasteiger partial charge on any atom is -0.423 e. The van der Waals surface area contributed by atoms with E-state index >= 15 is 0 Å². The van der Waals surface area contributed by atoms with Crippen LogP contribution in [0.2, 0.25) is 0 Å². The van der Waals surface area contributed by atoms with Gasteiger partial charge in [-0.25, -0.2) is 0 Å². The number of hydrogen-bond acceptors (Lipinski definition) is 4. The van der Waals surface area contributed by atoms with Crippen molar-refractivity contribution in [3.8, 4) is 0 Å². The number of carbonyl (C=O) groups excluding carboxylic acids is 1. The van der Waals surface area contributed by atoms with Crippen molar-refractivity contribution in [1.29, 1.82) is 0 Å². The Labute approximate surface area is 120 Å². The number of benzene rings is 1. The molecule has 0 aliphatic rings. The molecule has 3 N–H and O–H groups in total. The number of para-hydroxylation sites is 1. The molecule has 110 valence electrons. The van der Waals surface area contributed by atoms with Gasteiger partial charge in [-0.2, -0.15) is 0 Å². The largest absolute Gasteiger partial charge is 0.493 e. The minimum absolute atomic E-state index is 0.230. The molecular weight excluding hydrogens is 257 g/mol. The van der Waals surface area contributed by atoms with Gasteiger partial charge in [-0.15, -0.1) is 0 Å². The van der Waals surface area contributed by atoms with Crippen molar-refractivity contribution in [2.24, 2.45) is 0 Å². The van der Waals surface area contributed by atoms with Gasteiger partial charge >= 0.3 is 7.12 Å². The van der Waals surface area contributed by atoms with Gasteiger partial charge in [0.1, 0.15) is 0 Å². The third-order valence-corrected chi connectivity index (χ3v) is 3.42. The molecule has 1 aromatic carbocycles.